The predicted molar refractivity (Wildman–Crippen MR) is 114 cm³/mol. The van der Waals surface area contributed by atoms with E-state index in [-0.39, 0.29) is 5.91 Å². The molecular formula is C22H20N2O3S. The van der Waals surface area contributed by atoms with Crippen LogP contribution < -0.4 is 10.0 Å². The lowest BCUT2D eigenvalue weighted by atomic mass is 10.0. The van der Waals surface area contributed by atoms with E-state index in [0.717, 1.165) is 22.9 Å². The zero-order valence-corrected chi connectivity index (χ0v) is 16.1. The fourth-order valence-electron chi connectivity index (χ4n) is 2.64. The SMILES string of the molecule is CS(=O)(=O)Nc1ccc(NC(=O)C=Cc2cccc(-c3ccccc3)c2)cc1. The molecule has 0 radical (unpaired) electrons. The number of carbonyl (C=O) groups is 1. The van der Waals surface area contributed by atoms with Crippen LogP contribution in [0.15, 0.2) is 84.9 Å². The van der Waals surface area contributed by atoms with Crippen LogP contribution in [0.3, 0.4) is 0 Å². The second-order valence-electron chi connectivity index (χ2n) is 6.27. The van der Waals surface area contributed by atoms with Crippen molar-refractivity contribution in [3.05, 3.63) is 90.5 Å². The Morgan fingerprint density at radius 2 is 1.46 bits per heavy atom. The van der Waals surface area contributed by atoms with Gasteiger partial charge in [-0.05, 0) is 53.1 Å². The molecule has 3 aromatic carbocycles. The number of anilines is 2. The van der Waals surface area contributed by atoms with Crippen molar-refractivity contribution in [2.24, 2.45) is 0 Å². The third-order valence-electron chi connectivity index (χ3n) is 3.88. The number of carbonyl (C=O) groups excluding carboxylic acids is 1. The summed E-state index contributed by atoms with van der Waals surface area (Å²) >= 11 is 0. The van der Waals surface area contributed by atoms with Crippen molar-refractivity contribution >= 4 is 33.4 Å². The molecule has 0 fully saturated rings. The molecule has 142 valence electrons. The smallest absolute Gasteiger partial charge is 0.248 e. The van der Waals surface area contributed by atoms with Gasteiger partial charge in [0.25, 0.3) is 0 Å². The van der Waals surface area contributed by atoms with E-state index >= 15 is 0 Å². The molecule has 3 rings (SSSR count). The Bertz CT molecular complexity index is 1090. The maximum Gasteiger partial charge on any atom is 0.248 e. The van der Waals surface area contributed by atoms with Gasteiger partial charge in [0.2, 0.25) is 15.9 Å². The molecular weight excluding hydrogens is 372 g/mol. The van der Waals surface area contributed by atoms with Crippen LogP contribution in [0.5, 0.6) is 0 Å². The van der Waals surface area contributed by atoms with Gasteiger partial charge in [-0.15, -0.1) is 0 Å². The van der Waals surface area contributed by atoms with E-state index in [1.54, 1.807) is 30.3 Å². The average molecular weight is 392 g/mol. The molecule has 0 aliphatic carbocycles. The number of hydrogen-bond donors (Lipinski definition) is 2. The molecule has 0 aliphatic rings. The summed E-state index contributed by atoms with van der Waals surface area (Å²) in [4.78, 5) is 12.1. The van der Waals surface area contributed by atoms with Gasteiger partial charge in [0.15, 0.2) is 0 Å². The summed E-state index contributed by atoms with van der Waals surface area (Å²) in [6.07, 6.45) is 4.30. The van der Waals surface area contributed by atoms with Gasteiger partial charge in [0.1, 0.15) is 0 Å². The first-order valence-electron chi connectivity index (χ1n) is 8.61. The molecule has 0 unspecified atom stereocenters. The lowest BCUT2D eigenvalue weighted by Crippen LogP contribution is -2.10. The summed E-state index contributed by atoms with van der Waals surface area (Å²) in [6, 6.07) is 24.4. The second kappa shape index (κ2) is 8.54. The first kappa shape index (κ1) is 19.4. The van der Waals surface area contributed by atoms with E-state index in [9.17, 15) is 13.2 Å². The Morgan fingerprint density at radius 3 is 2.14 bits per heavy atom. The number of rotatable bonds is 6. The zero-order chi connectivity index (χ0) is 20.0. The van der Waals surface area contributed by atoms with Crippen LogP contribution in [0.2, 0.25) is 0 Å². The van der Waals surface area contributed by atoms with Crippen LogP contribution in [0.25, 0.3) is 17.2 Å². The molecule has 0 aliphatic heterocycles. The molecule has 0 saturated carbocycles. The molecule has 0 spiro atoms. The summed E-state index contributed by atoms with van der Waals surface area (Å²) in [6.45, 7) is 0. The van der Waals surface area contributed by atoms with Crippen LogP contribution >= 0.6 is 0 Å². The first-order chi connectivity index (χ1) is 13.4. The van der Waals surface area contributed by atoms with Crippen molar-refractivity contribution in [3.63, 3.8) is 0 Å². The Morgan fingerprint density at radius 1 is 0.821 bits per heavy atom. The van der Waals surface area contributed by atoms with Crippen molar-refractivity contribution in [3.8, 4) is 11.1 Å². The Labute approximate surface area is 164 Å². The molecule has 0 aromatic heterocycles. The van der Waals surface area contributed by atoms with Gasteiger partial charge in [-0.1, -0.05) is 48.5 Å². The summed E-state index contributed by atoms with van der Waals surface area (Å²) < 4.78 is 24.8. The lowest BCUT2D eigenvalue weighted by molar-refractivity contribution is -0.111. The highest BCUT2D eigenvalue weighted by molar-refractivity contribution is 7.92. The van der Waals surface area contributed by atoms with Gasteiger partial charge in [0.05, 0.1) is 6.26 Å². The maximum absolute atomic E-state index is 12.1. The van der Waals surface area contributed by atoms with Crippen LogP contribution in [-0.2, 0) is 14.8 Å². The Balaban J connectivity index is 1.64. The van der Waals surface area contributed by atoms with E-state index in [1.165, 1.54) is 6.08 Å². The van der Waals surface area contributed by atoms with Gasteiger partial charge in [-0.25, -0.2) is 8.42 Å². The van der Waals surface area contributed by atoms with E-state index in [0.29, 0.717) is 11.4 Å². The van der Waals surface area contributed by atoms with E-state index in [1.807, 2.05) is 54.6 Å². The van der Waals surface area contributed by atoms with Gasteiger partial charge in [0, 0.05) is 17.5 Å². The number of benzene rings is 3. The summed E-state index contributed by atoms with van der Waals surface area (Å²) in [5.41, 5.74) is 4.13. The number of hydrogen-bond acceptors (Lipinski definition) is 3. The lowest BCUT2D eigenvalue weighted by Gasteiger charge is -2.06. The molecule has 0 bridgehead atoms. The van der Waals surface area contributed by atoms with Crippen LogP contribution in [0.1, 0.15) is 5.56 Å². The predicted octanol–water partition coefficient (Wildman–Crippen LogP) is 4.38. The van der Waals surface area contributed by atoms with E-state index in [2.05, 4.69) is 10.0 Å². The monoisotopic (exact) mass is 392 g/mol. The van der Waals surface area contributed by atoms with Gasteiger partial charge >= 0.3 is 0 Å². The molecule has 6 heteroatoms. The summed E-state index contributed by atoms with van der Waals surface area (Å²) in [7, 11) is -3.32. The van der Waals surface area contributed by atoms with E-state index < -0.39 is 10.0 Å². The highest BCUT2D eigenvalue weighted by Gasteiger charge is 2.03. The second-order valence-corrected chi connectivity index (χ2v) is 8.01. The van der Waals surface area contributed by atoms with Crippen molar-refractivity contribution in [1.82, 2.24) is 0 Å². The highest BCUT2D eigenvalue weighted by atomic mass is 32.2. The minimum absolute atomic E-state index is 0.270. The maximum atomic E-state index is 12.1. The van der Waals surface area contributed by atoms with Crippen molar-refractivity contribution in [1.29, 1.82) is 0 Å². The van der Waals surface area contributed by atoms with Gasteiger partial charge in [-0.3, -0.25) is 9.52 Å². The minimum Gasteiger partial charge on any atom is -0.323 e. The topological polar surface area (TPSA) is 75.3 Å². The molecule has 0 heterocycles. The zero-order valence-electron chi connectivity index (χ0n) is 15.3. The Kier molecular flexibility index (Phi) is 5.91. The first-order valence-corrected chi connectivity index (χ1v) is 10.5. The third-order valence-corrected chi connectivity index (χ3v) is 4.48. The molecule has 2 N–H and O–H groups in total. The number of amides is 1. The Hall–Kier alpha value is -3.38. The third kappa shape index (κ3) is 5.82. The largest absolute Gasteiger partial charge is 0.323 e. The molecule has 0 atom stereocenters. The van der Waals surface area contributed by atoms with Crippen LogP contribution in [0, 0.1) is 0 Å². The molecule has 5 nitrogen and oxygen atoms in total. The fraction of sp³-hybridized carbons (Fsp3) is 0.0455. The normalized spacial score (nSPS) is 11.3. The summed E-state index contributed by atoms with van der Waals surface area (Å²) in [5, 5.41) is 2.75. The quantitative estimate of drug-likeness (QED) is 0.612. The van der Waals surface area contributed by atoms with E-state index in [4.69, 9.17) is 0 Å². The van der Waals surface area contributed by atoms with Crippen LogP contribution in [0.4, 0.5) is 11.4 Å². The highest BCUT2D eigenvalue weighted by Crippen LogP contribution is 2.20. The summed E-state index contributed by atoms with van der Waals surface area (Å²) in [5.74, 6) is -0.270. The number of nitrogens with one attached hydrogen (secondary N) is 2. The van der Waals surface area contributed by atoms with Crippen molar-refractivity contribution < 1.29 is 13.2 Å². The van der Waals surface area contributed by atoms with Gasteiger partial charge in [-0.2, -0.15) is 0 Å². The number of sulfonamides is 1. The van der Waals surface area contributed by atoms with Crippen LogP contribution in [-0.4, -0.2) is 20.6 Å². The minimum atomic E-state index is -3.32. The average Bonchev–Trinajstić information content (AvgIpc) is 2.68. The molecule has 28 heavy (non-hydrogen) atoms. The molecule has 1 amide bonds. The standard InChI is InChI=1S/C22H20N2O3S/c1-28(26,27)24-21-13-11-20(12-14-21)23-22(25)15-10-17-6-5-9-19(16-17)18-7-3-2-4-8-18/h2-16,24H,1H3,(H,23,25). The molecule has 0 saturated heterocycles. The fourth-order valence-corrected chi connectivity index (χ4v) is 3.21. The van der Waals surface area contributed by atoms with Crippen molar-refractivity contribution in [2.75, 3.05) is 16.3 Å². The van der Waals surface area contributed by atoms with Gasteiger partial charge < -0.3 is 5.32 Å². The molecule has 3 aromatic rings. The van der Waals surface area contributed by atoms with Crippen molar-refractivity contribution in [2.45, 2.75) is 0 Å².